The quantitative estimate of drug-likeness (QED) is 0.578. The van der Waals surface area contributed by atoms with Gasteiger partial charge in [0, 0.05) is 5.69 Å². The summed E-state index contributed by atoms with van der Waals surface area (Å²) in [4.78, 5) is 12.3. The van der Waals surface area contributed by atoms with E-state index in [1.54, 1.807) is 31.2 Å². The van der Waals surface area contributed by atoms with Gasteiger partial charge < -0.3 is 15.8 Å². The highest BCUT2D eigenvalue weighted by Gasteiger charge is 2.31. The van der Waals surface area contributed by atoms with Gasteiger partial charge in [-0.2, -0.15) is 0 Å². The molecular formula is C20H20N2O4S2. The lowest BCUT2D eigenvalue weighted by Crippen LogP contribution is -2.09. The van der Waals surface area contributed by atoms with Crippen LogP contribution < -0.4 is 11.1 Å². The lowest BCUT2D eigenvalue weighted by atomic mass is 10.2. The van der Waals surface area contributed by atoms with Gasteiger partial charge in [-0.25, -0.2) is 13.2 Å². The Morgan fingerprint density at radius 1 is 1.11 bits per heavy atom. The Morgan fingerprint density at radius 3 is 2.36 bits per heavy atom. The first-order valence-corrected chi connectivity index (χ1v) is 10.9. The molecule has 0 fully saturated rings. The summed E-state index contributed by atoms with van der Waals surface area (Å²) in [5.74, 6) is -0.647. The number of nitrogen functional groups attached to an aromatic ring is 1. The van der Waals surface area contributed by atoms with Crippen LogP contribution in [-0.4, -0.2) is 21.0 Å². The number of carbonyl (C=O) groups is 1. The molecule has 0 saturated heterocycles. The number of thiophene rings is 1. The Kier molecular flexibility index (Phi) is 5.71. The van der Waals surface area contributed by atoms with Crippen LogP contribution in [0.2, 0.25) is 0 Å². The first-order chi connectivity index (χ1) is 13.3. The summed E-state index contributed by atoms with van der Waals surface area (Å²) in [6.45, 7) is 3.71. The van der Waals surface area contributed by atoms with Crippen LogP contribution in [0.5, 0.6) is 0 Å². The number of hydrogen-bond donors (Lipinski definition) is 2. The normalized spacial score (nSPS) is 11.2. The summed E-state index contributed by atoms with van der Waals surface area (Å²) in [7, 11) is -3.95. The van der Waals surface area contributed by atoms with Crippen molar-refractivity contribution < 1.29 is 17.9 Å². The van der Waals surface area contributed by atoms with Crippen LogP contribution in [-0.2, 0) is 14.6 Å². The van der Waals surface area contributed by atoms with Crippen LogP contribution >= 0.6 is 11.3 Å². The summed E-state index contributed by atoms with van der Waals surface area (Å²) in [5, 5.41) is 3.34. The van der Waals surface area contributed by atoms with Crippen molar-refractivity contribution in [2.45, 2.75) is 23.6 Å². The van der Waals surface area contributed by atoms with E-state index >= 15 is 0 Å². The second-order valence-electron chi connectivity index (χ2n) is 6.03. The number of ether oxygens (including phenoxy) is 1. The van der Waals surface area contributed by atoms with E-state index in [2.05, 4.69) is 5.32 Å². The highest BCUT2D eigenvalue weighted by atomic mass is 32.2. The molecule has 0 aliphatic rings. The molecular weight excluding hydrogens is 396 g/mol. The van der Waals surface area contributed by atoms with Crippen molar-refractivity contribution in [2.24, 2.45) is 0 Å². The summed E-state index contributed by atoms with van der Waals surface area (Å²) in [6, 6.07) is 15.6. The molecule has 3 N–H and O–H groups in total. The molecule has 3 aromatic rings. The first kappa shape index (κ1) is 19.9. The Hall–Kier alpha value is -2.84. The van der Waals surface area contributed by atoms with E-state index in [-0.39, 0.29) is 32.0 Å². The lowest BCUT2D eigenvalue weighted by Gasteiger charge is -2.10. The zero-order valence-corrected chi connectivity index (χ0v) is 17.1. The second kappa shape index (κ2) is 8.04. The van der Waals surface area contributed by atoms with Crippen LogP contribution in [0.1, 0.15) is 22.2 Å². The van der Waals surface area contributed by atoms with Gasteiger partial charge in [-0.05, 0) is 38.1 Å². The van der Waals surface area contributed by atoms with Gasteiger partial charge in [0.1, 0.15) is 14.8 Å². The fourth-order valence-electron chi connectivity index (χ4n) is 2.61. The molecule has 0 unspecified atom stereocenters. The zero-order chi connectivity index (χ0) is 20.3. The molecule has 1 heterocycles. The Morgan fingerprint density at radius 2 is 1.75 bits per heavy atom. The monoisotopic (exact) mass is 416 g/mol. The van der Waals surface area contributed by atoms with Gasteiger partial charge >= 0.3 is 5.97 Å². The van der Waals surface area contributed by atoms with Gasteiger partial charge in [0.15, 0.2) is 0 Å². The topological polar surface area (TPSA) is 98.5 Å². The smallest absolute Gasteiger partial charge is 0.350 e. The number of para-hydroxylation sites is 1. The van der Waals surface area contributed by atoms with E-state index in [0.29, 0.717) is 5.69 Å². The second-order valence-corrected chi connectivity index (χ2v) is 8.94. The van der Waals surface area contributed by atoms with Gasteiger partial charge in [-0.3, -0.25) is 0 Å². The predicted molar refractivity (Wildman–Crippen MR) is 111 cm³/mol. The molecule has 0 radical (unpaired) electrons. The molecule has 0 aliphatic heterocycles. The standard InChI is InChI=1S/C20H20N2O4S2/c1-3-26-20(23)17-16(21)18(19(27-17)22-14-7-5-4-6-8-14)28(24,25)15-11-9-13(2)10-12-15/h4-12,22H,3,21H2,1-2H3. The molecule has 1 aromatic heterocycles. The van der Waals surface area contributed by atoms with Crippen LogP contribution in [0.15, 0.2) is 64.4 Å². The average Bonchev–Trinajstić information content (AvgIpc) is 3.00. The SMILES string of the molecule is CCOC(=O)c1sc(Nc2ccccc2)c(S(=O)(=O)c2ccc(C)cc2)c1N. The number of rotatable bonds is 6. The number of aryl methyl sites for hydroxylation is 1. The van der Waals surface area contributed by atoms with Gasteiger partial charge in [-0.1, -0.05) is 35.9 Å². The first-order valence-electron chi connectivity index (χ1n) is 8.57. The highest BCUT2D eigenvalue weighted by molar-refractivity contribution is 7.92. The summed E-state index contributed by atoms with van der Waals surface area (Å²) in [6.07, 6.45) is 0. The van der Waals surface area contributed by atoms with Crippen LogP contribution in [0, 0.1) is 6.92 Å². The number of nitrogens with two attached hydrogens (primary N) is 1. The molecule has 0 aliphatic carbocycles. The van der Waals surface area contributed by atoms with Crippen molar-refractivity contribution >= 4 is 43.5 Å². The van der Waals surface area contributed by atoms with Crippen LogP contribution in [0.25, 0.3) is 0 Å². The molecule has 0 bridgehead atoms. The Labute approximate surface area is 167 Å². The van der Waals surface area contributed by atoms with E-state index in [4.69, 9.17) is 10.5 Å². The fraction of sp³-hybridized carbons (Fsp3) is 0.150. The molecule has 0 atom stereocenters. The van der Waals surface area contributed by atoms with Crippen molar-refractivity contribution in [3.63, 3.8) is 0 Å². The summed E-state index contributed by atoms with van der Waals surface area (Å²) < 4.78 is 31.6. The number of nitrogens with one attached hydrogen (secondary N) is 1. The van der Waals surface area contributed by atoms with Crippen molar-refractivity contribution in [1.82, 2.24) is 0 Å². The molecule has 0 spiro atoms. The zero-order valence-electron chi connectivity index (χ0n) is 15.4. The van der Waals surface area contributed by atoms with Crippen molar-refractivity contribution in [3.05, 3.63) is 65.0 Å². The molecule has 2 aromatic carbocycles. The number of anilines is 3. The molecule has 8 heteroatoms. The highest BCUT2D eigenvalue weighted by Crippen LogP contribution is 2.43. The van der Waals surface area contributed by atoms with E-state index in [9.17, 15) is 13.2 Å². The fourth-order valence-corrected chi connectivity index (χ4v) is 5.48. The third-order valence-electron chi connectivity index (χ3n) is 3.99. The maximum absolute atomic E-state index is 13.3. The predicted octanol–water partition coefficient (Wildman–Crippen LogP) is 4.39. The Bertz CT molecular complexity index is 1090. The largest absolute Gasteiger partial charge is 0.462 e. The van der Waals surface area contributed by atoms with Gasteiger partial charge in [0.2, 0.25) is 9.84 Å². The molecule has 0 saturated carbocycles. The third-order valence-corrected chi connectivity index (χ3v) is 7.08. The minimum absolute atomic E-state index is 0.0611. The molecule has 146 valence electrons. The van der Waals surface area contributed by atoms with Crippen LogP contribution in [0.4, 0.5) is 16.4 Å². The van der Waals surface area contributed by atoms with Gasteiger partial charge in [-0.15, -0.1) is 11.3 Å². The summed E-state index contributed by atoms with van der Waals surface area (Å²) in [5.41, 5.74) is 7.64. The van der Waals surface area contributed by atoms with E-state index in [0.717, 1.165) is 16.9 Å². The minimum atomic E-state index is -3.95. The minimum Gasteiger partial charge on any atom is -0.462 e. The molecule has 28 heavy (non-hydrogen) atoms. The van der Waals surface area contributed by atoms with Gasteiger partial charge in [0.05, 0.1) is 17.2 Å². The number of sulfone groups is 1. The lowest BCUT2D eigenvalue weighted by molar-refractivity contribution is 0.0533. The number of hydrogen-bond acceptors (Lipinski definition) is 7. The van der Waals surface area contributed by atoms with E-state index < -0.39 is 15.8 Å². The van der Waals surface area contributed by atoms with E-state index in [1.165, 1.54) is 12.1 Å². The number of carbonyl (C=O) groups excluding carboxylic acids is 1. The van der Waals surface area contributed by atoms with Crippen LogP contribution in [0.3, 0.4) is 0 Å². The number of esters is 1. The van der Waals surface area contributed by atoms with Crippen molar-refractivity contribution in [2.75, 3.05) is 17.7 Å². The maximum atomic E-state index is 13.3. The third kappa shape index (κ3) is 3.88. The Balaban J connectivity index is 2.17. The average molecular weight is 417 g/mol. The van der Waals surface area contributed by atoms with Crippen molar-refractivity contribution in [3.8, 4) is 0 Å². The van der Waals surface area contributed by atoms with E-state index in [1.807, 2.05) is 25.1 Å². The summed E-state index contributed by atoms with van der Waals surface area (Å²) >= 11 is 0.964. The molecule has 6 nitrogen and oxygen atoms in total. The van der Waals surface area contributed by atoms with Gasteiger partial charge in [0.25, 0.3) is 0 Å². The maximum Gasteiger partial charge on any atom is 0.350 e. The van der Waals surface area contributed by atoms with Crippen molar-refractivity contribution in [1.29, 1.82) is 0 Å². The molecule has 3 rings (SSSR count). The number of benzene rings is 2. The molecule has 0 amide bonds.